The topological polar surface area (TPSA) is 87.7 Å². The van der Waals surface area contributed by atoms with E-state index in [0.29, 0.717) is 19.6 Å². The number of hydrogen-bond donors (Lipinski definition) is 3. The number of carbonyl (C=O) groups is 2. The van der Waals surface area contributed by atoms with Crippen LogP contribution in [-0.2, 0) is 14.3 Å². The smallest absolute Gasteiger partial charge is 0.311 e. The molecule has 0 saturated carbocycles. The largest absolute Gasteiger partial charge is 0.481 e. The third kappa shape index (κ3) is 3.91. The zero-order valence-corrected chi connectivity index (χ0v) is 12.1. The van der Waals surface area contributed by atoms with Crippen LogP contribution in [0.2, 0.25) is 0 Å². The van der Waals surface area contributed by atoms with E-state index < -0.39 is 16.9 Å². The summed E-state index contributed by atoms with van der Waals surface area (Å²) in [5, 5.41) is 15.2. The number of rotatable bonds is 5. The maximum absolute atomic E-state index is 12.0. The Morgan fingerprint density at radius 2 is 2.00 bits per heavy atom. The van der Waals surface area contributed by atoms with Gasteiger partial charge in [0.1, 0.15) is 0 Å². The third-order valence-electron chi connectivity index (χ3n) is 3.98. The zero-order valence-electron chi connectivity index (χ0n) is 12.1. The van der Waals surface area contributed by atoms with Gasteiger partial charge in [0.2, 0.25) is 5.91 Å². The van der Waals surface area contributed by atoms with Crippen molar-refractivity contribution >= 4 is 11.9 Å². The highest BCUT2D eigenvalue weighted by Crippen LogP contribution is 2.30. The number of morpholine rings is 1. The van der Waals surface area contributed by atoms with Crippen LogP contribution in [0.4, 0.5) is 0 Å². The van der Waals surface area contributed by atoms with E-state index in [0.717, 1.165) is 6.54 Å². The Bertz CT molecular complexity index is 347. The van der Waals surface area contributed by atoms with Crippen molar-refractivity contribution in [3.63, 3.8) is 0 Å². The molecule has 0 aromatic rings. The fraction of sp³-hybridized carbons (Fsp3) is 0.846. The molecule has 0 aromatic carbocycles. The monoisotopic (exact) mass is 272 g/mol. The molecule has 0 aromatic heterocycles. The second-order valence-corrected chi connectivity index (χ2v) is 6.03. The van der Waals surface area contributed by atoms with Crippen molar-refractivity contribution in [2.24, 2.45) is 5.41 Å². The standard InChI is InChI=1S/C13H24N2O4/c1-12(2,11(17)18)13(3,4)15-10(16)7-9-8-19-6-5-14-9/h9,14H,5-8H2,1-4H3,(H,15,16)(H,17,18). The lowest BCUT2D eigenvalue weighted by atomic mass is 9.74. The number of carboxylic acids is 1. The fourth-order valence-corrected chi connectivity index (χ4v) is 1.80. The van der Waals surface area contributed by atoms with Gasteiger partial charge >= 0.3 is 5.97 Å². The Labute approximate surface area is 113 Å². The van der Waals surface area contributed by atoms with Gasteiger partial charge in [-0.2, -0.15) is 0 Å². The highest BCUT2D eigenvalue weighted by atomic mass is 16.5. The second-order valence-electron chi connectivity index (χ2n) is 6.03. The molecule has 0 aliphatic carbocycles. The van der Waals surface area contributed by atoms with Crippen molar-refractivity contribution in [1.29, 1.82) is 0 Å². The maximum atomic E-state index is 12.0. The van der Waals surface area contributed by atoms with Crippen LogP contribution in [0, 0.1) is 5.41 Å². The normalized spacial score (nSPS) is 20.9. The first-order valence-corrected chi connectivity index (χ1v) is 6.52. The predicted octanol–water partition coefficient (Wildman–Crippen LogP) is 0.371. The van der Waals surface area contributed by atoms with Crippen molar-refractivity contribution in [2.75, 3.05) is 19.8 Å². The van der Waals surface area contributed by atoms with Gasteiger partial charge in [0, 0.05) is 24.5 Å². The first kappa shape index (κ1) is 15.9. The number of hydrogen-bond acceptors (Lipinski definition) is 4. The summed E-state index contributed by atoms with van der Waals surface area (Å²) >= 11 is 0. The van der Waals surface area contributed by atoms with Gasteiger partial charge in [0.25, 0.3) is 0 Å². The summed E-state index contributed by atoms with van der Waals surface area (Å²) in [5.41, 5.74) is -1.87. The van der Waals surface area contributed by atoms with Crippen molar-refractivity contribution in [3.8, 4) is 0 Å². The summed E-state index contributed by atoms with van der Waals surface area (Å²) < 4.78 is 5.28. The van der Waals surface area contributed by atoms with Gasteiger partial charge in [0.15, 0.2) is 0 Å². The van der Waals surface area contributed by atoms with Gasteiger partial charge in [-0.3, -0.25) is 9.59 Å². The number of carbonyl (C=O) groups excluding carboxylic acids is 1. The Hall–Kier alpha value is -1.14. The first-order chi connectivity index (χ1) is 8.67. The number of carboxylic acid groups (broad SMARTS) is 1. The van der Waals surface area contributed by atoms with E-state index in [4.69, 9.17) is 4.74 Å². The van der Waals surface area contributed by atoms with Gasteiger partial charge < -0.3 is 20.5 Å². The summed E-state index contributed by atoms with van der Waals surface area (Å²) in [7, 11) is 0. The molecule has 19 heavy (non-hydrogen) atoms. The summed E-state index contributed by atoms with van der Waals surface area (Å²) in [5.74, 6) is -1.10. The minimum absolute atomic E-state index is 0.00232. The van der Waals surface area contributed by atoms with E-state index in [9.17, 15) is 14.7 Å². The molecule has 6 nitrogen and oxygen atoms in total. The Balaban J connectivity index is 2.57. The van der Waals surface area contributed by atoms with Crippen LogP contribution in [-0.4, -0.2) is 48.3 Å². The molecule has 1 rings (SSSR count). The van der Waals surface area contributed by atoms with Crippen molar-refractivity contribution < 1.29 is 19.4 Å². The molecule has 1 fully saturated rings. The highest BCUT2D eigenvalue weighted by molar-refractivity contribution is 5.81. The fourth-order valence-electron chi connectivity index (χ4n) is 1.80. The van der Waals surface area contributed by atoms with Crippen LogP contribution >= 0.6 is 0 Å². The quantitative estimate of drug-likeness (QED) is 0.673. The third-order valence-corrected chi connectivity index (χ3v) is 3.98. The lowest BCUT2D eigenvalue weighted by molar-refractivity contribution is -0.151. The average molecular weight is 272 g/mol. The van der Waals surface area contributed by atoms with E-state index in [-0.39, 0.29) is 11.9 Å². The number of amides is 1. The van der Waals surface area contributed by atoms with Gasteiger partial charge in [-0.1, -0.05) is 0 Å². The molecule has 0 radical (unpaired) electrons. The van der Waals surface area contributed by atoms with Gasteiger partial charge in [-0.05, 0) is 27.7 Å². The minimum Gasteiger partial charge on any atom is -0.481 e. The van der Waals surface area contributed by atoms with Crippen LogP contribution in [0.3, 0.4) is 0 Å². The molecule has 1 unspecified atom stereocenters. The first-order valence-electron chi connectivity index (χ1n) is 6.52. The van der Waals surface area contributed by atoms with Gasteiger partial charge in [0.05, 0.1) is 18.6 Å². The van der Waals surface area contributed by atoms with E-state index in [1.165, 1.54) is 0 Å². The lowest BCUT2D eigenvalue weighted by Crippen LogP contribution is -2.58. The van der Waals surface area contributed by atoms with Crippen molar-refractivity contribution in [1.82, 2.24) is 10.6 Å². The van der Waals surface area contributed by atoms with E-state index in [1.807, 2.05) is 0 Å². The van der Waals surface area contributed by atoms with E-state index in [2.05, 4.69) is 10.6 Å². The molecule has 1 heterocycles. The van der Waals surface area contributed by atoms with Crippen molar-refractivity contribution in [3.05, 3.63) is 0 Å². The summed E-state index contributed by atoms with van der Waals surface area (Å²) in [4.78, 5) is 23.3. The molecule has 0 bridgehead atoms. The lowest BCUT2D eigenvalue weighted by Gasteiger charge is -2.39. The predicted molar refractivity (Wildman–Crippen MR) is 70.9 cm³/mol. The molecule has 1 amide bonds. The molecular weight excluding hydrogens is 248 g/mol. The summed E-state index contributed by atoms with van der Waals surface area (Å²) in [6.45, 7) is 8.58. The average Bonchev–Trinajstić information content (AvgIpc) is 2.28. The number of ether oxygens (including phenoxy) is 1. The molecule has 0 spiro atoms. The Kier molecular flexibility index (Phi) is 4.92. The molecule has 3 N–H and O–H groups in total. The molecular formula is C13H24N2O4. The molecule has 1 atom stereocenters. The number of aliphatic carboxylic acids is 1. The van der Waals surface area contributed by atoms with Gasteiger partial charge in [-0.25, -0.2) is 0 Å². The van der Waals surface area contributed by atoms with Crippen molar-refractivity contribution in [2.45, 2.75) is 45.7 Å². The van der Waals surface area contributed by atoms with E-state index >= 15 is 0 Å². The molecule has 1 aliphatic rings. The van der Waals surface area contributed by atoms with Crippen LogP contribution in [0.1, 0.15) is 34.1 Å². The Morgan fingerprint density at radius 1 is 1.37 bits per heavy atom. The Morgan fingerprint density at radius 3 is 2.47 bits per heavy atom. The molecule has 1 saturated heterocycles. The second kappa shape index (κ2) is 5.88. The summed E-state index contributed by atoms with van der Waals surface area (Å²) in [6, 6.07) is -0.00232. The molecule has 6 heteroatoms. The van der Waals surface area contributed by atoms with Gasteiger partial charge in [-0.15, -0.1) is 0 Å². The minimum atomic E-state index is -1.04. The van der Waals surface area contributed by atoms with Crippen LogP contribution in [0.25, 0.3) is 0 Å². The number of nitrogens with one attached hydrogen (secondary N) is 2. The van der Waals surface area contributed by atoms with Crippen LogP contribution < -0.4 is 10.6 Å². The maximum Gasteiger partial charge on any atom is 0.311 e. The molecule has 110 valence electrons. The van der Waals surface area contributed by atoms with Crippen LogP contribution in [0.5, 0.6) is 0 Å². The van der Waals surface area contributed by atoms with E-state index in [1.54, 1.807) is 27.7 Å². The summed E-state index contributed by atoms with van der Waals surface area (Å²) in [6.07, 6.45) is 0.291. The zero-order chi connectivity index (χ0) is 14.7. The highest BCUT2D eigenvalue weighted by Gasteiger charge is 2.44. The van der Waals surface area contributed by atoms with Crippen LogP contribution in [0.15, 0.2) is 0 Å². The molecule has 1 aliphatic heterocycles. The SMILES string of the molecule is CC(C)(NC(=O)CC1COCCN1)C(C)(C)C(=O)O.